The van der Waals surface area contributed by atoms with Gasteiger partial charge in [0.2, 0.25) is 0 Å². The molecule has 0 aliphatic heterocycles. The van der Waals surface area contributed by atoms with Gasteiger partial charge in [0.15, 0.2) is 0 Å². The van der Waals surface area contributed by atoms with Crippen LogP contribution in [0.3, 0.4) is 0 Å². The maximum absolute atomic E-state index is 10.0. The third-order valence-corrected chi connectivity index (χ3v) is 6.89. The summed E-state index contributed by atoms with van der Waals surface area (Å²) < 4.78 is 238. The van der Waals surface area contributed by atoms with Crippen LogP contribution in [0.2, 0.25) is 0 Å². The number of furan rings is 1. The van der Waals surface area contributed by atoms with Crippen molar-refractivity contribution >= 4 is 54.3 Å². The molecule has 0 N–H and O–H groups in total. The van der Waals surface area contributed by atoms with Gasteiger partial charge in [0.1, 0.15) is 11.2 Å². The number of fused-ring (bicyclic) bond motifs is 6. The minimum atomic E-state index is -1.06. The molecule has 1 nitrogen and oxygen atoms in total. The first-order valence-corrected chi connectivity index (χ1v) is 12.7. The van der Waals surface area contributed by atoms with Crippen LogP contribution < -0.4 is 0 Å². The van der Waals surface area contributed by atoms with Gasteiger partial charge in [-0.15, -0.1) is 0 Å². The SMILES string of the molecule is [2H]c1c([2H])c([2H])c(-c2c3c([2H])c([2H])c([2H])c([2H])c3c(-c3c([2H])c([2H])c4c([2H])c([2H])c([2H])c([2H])c4c3[2H])c3c([2H])c(-c4c([2H])c([2H])c5c(oc6c([2H])c([2H])c([2H])c([2H])c65)c4[2H])c([2H])c([2H])c23)c([2H])c1[2H]. The van der Waals surface area contributed by atoms with Crippen LogP contribution in [-0.4, -0.2) is 0 Å². The zero-order chi connectivity index (χ0) is 51.0. The molecule has 0 atom stereocenters. The van der Waals surface area contributed by atoms with Crippen molar-refractivity contribution in [1.29, 1.82) is 0 Å². The third-order valence-electron chi connectivity index (χ3n) is 6.89. The zero-order valence-electron chi connectivity index (χ0n) is 47.4. The first kappa shape index (κ1) is 9.69. The lowest BCUT2D eigenvalue weighted by molar-refractivity contribution is 0.669. The van der Waals surface area contributed by atoms with Gasteiger partial charge in [-0.05, 0) is 95.9 Å². The second kappa shape index (κ2) is 9.44. The van der Waals surface area contributed by atoms with Crippen molar-refractivity contribution in [3.63, 3.8) is 0 Å². The topological polar surface area (TPSA) is 13.1 Å². The summed E-state index contributed by atoms with van der Waals surface area (Å²) >= 11 is 0. The molecule has 0 amide bonds. The van der Waals surface area contributed by atoms with Crippen LogP contribution in [-0.2, 0) is 0 Å². The van der Waals surface area contributed by atoms with Crippen LogP contribution in [0.5, 0.6) is 0 Å². The van der Waals surface area contributed by atoms with Crippen LogP contribution in [0.25, 0.3) is 87.6 Å². The Morgan fingerprint density at radius 1 is 0.326 bits per heavy atom. The van der Waals surface area contributed by atoms with E-state index in [-0.39, 0.29) is 5.39 Å². The fourth-order valence-corrected chi connectivity index (χ4v) is 5.05. The van der Waals surface area contributed by atoms with E-state index < -0.39 is 239 Å². The predicted octanol–water partition coefficient (Wildman–Crippen LogP) is 12.0. The Balaban J connectivity index is 1.65. The van der Waals surface area contributed by atoms with Gasteiger partial charge in [0.25, 0.3) is 0 Å². The predicted molar refractivity (Wildman–Crippen MR) is 183 cm³/mol. The second-order valence-electron chi connectivity index (χ2n) is 9.26. The molecule has 0 aliphatic rings. The van der Waals surface area contributed by atoms with Crippen molar-refractivity contribution in [3.05, 3.63) is 157 Å². The summed E-state index contributed by atoms with van der Waals surface area (Å²) in [5.41, 5.74) is -5.87. The minimum absolute atomic E-state index is 0.371. The van der Waals surface area contributed by atoms with Gasteiger partial charge in [-0.2, -0.15) is 0 Å². The summed E-state index contributed by atoms with van der Waals surface area (Å²) in [6.07, 6.45) is 0. The largest absolute Gasteiger partial charge is 0.456 e. The van der Waals surface area contributed by atoms with E-state index in [1.807, 2.05) is 0 Å². The zero-order valence-corrected chi connectivity index (χ0v) is 21.4. The van der Waals surface area contributed by atoms with E-state index in [0.717, 1.165) is 0 Å². The smallest absolute Gasteiger partial charge is 0.136 e. The van der Waals surface area contributed by atoms with E-state index in [2.05, 4.69) is 0 Å². The summed E-state index contributed by atoms with van der Waals surface area (Å²) in [4.78, 5) is 0. The summed E-state index contributed by atoms with van der Waals surface area (Å²) in [6, 6.07) is -23.7. The summed E-state index contributed by atoms with van der Waals surface area (Å²) in [7, 11) is 0. The third kappa shape index (κ3) is 3.79. The second-order valence-corrected chi connectivity index (χ2v) is 9.26. The quantitative estimate of drug-likeness (QED) is 0.192. The lowest BCUT2D eigenvalue weighted by Crippen LogP contribution is -1.92. The number of rotatable bonds is 3. The summed E-state index contributed by atoms with van der Waals surface area (Å²) in [6.45, 7) is 0. The molecule has 0 saturated heterocycles. The maximum atomic E-state index is 10.0. The Hall–Kier alpha value is -5.66. The van der Waals surface area contributed by atoms with Gasteiger partial charge in [-0.3, -0.25) is 0 Å². The van der Waals surface area contributed by atoms with E-state index in [0.29, 0.717) is 0 Å². The first-order valence-electron chi connectivity index (χ1n) is 25.7. The molecule has 0 radical (unpaired) electrons. The summed E-state index contributed by atoms with van der Waals surface area (Å²) in [5.74, 6) is 0. The molecular formula is C42H26O. The molecule has 0 spiro atoms. The van der Waals surface area contributed by atoms with E-state index in [1.54, 1.807) is 0 Å². The van der Waals surface area contributed by atoms with E-state index in [9.17, 15) is 12.3 Å². The Bertz CT molecular complexity index is 3940. The van der Waals surface area contributed by atoms with Crippen LogP contribution >= 0.6 is 0 Å². The minimum Gasteiger partial charge on any atom is -0.456 e. The highest BCUT2D eigenvalue weighted by molar-refractivity contribution is 6.22. The van der Waals surface area contributed by atoms with Gasteiger partial charge in [0, 0.05) is 10.8 Å². The molecule has 0 fully saturated rings. The molecule has 9 rings (SSSR count). The molecule has 0 aliphatic carbocycles. The van der Waals surface area contributed by atoms with E-state index in [4.69, 9.17) is 27.7 Å². The van der Waals surface area contributed by atoms with Crippen LogP contribution in [0.1, 0.15) is 35.6 Å². The average Bonchev–Trinajstić information content (AvgIpc) is 3.73. The van der Waals surface area contributed by atoms with Crippen molar-refractivity contribution in [1.82, 2.24) is 0 Å². The molecule has 200 valence electrons. The monoisotopic (exact) mass is 572 g/mol. The summed E-state index contributed by atoms with van der Waals surface area (Å²) in [5, 5.41) is -5.08. The molecule has 43 heavy (non-hydrogen) atoms. The molecule has 0 saturated carbocycles. The van der Waals surface area contributed by atoms with E-state index in [1.165, 1.54) is 0 Å². The fourth-order valence-electron chi connectivity index (χ4n) is 5.05. The number of hydrogen-bond donors (Lipinski definition) is 0. The normalized spacial score (nSPS) is 20.2. The van der Waals surface area contributed by atoms with Gasteiger partial charge in [-0.25, -0.2) is 0 Å². The number of para-hydroxylation sites is 1. The number of hydrogen-bond acceptors (Lipinski definition) is 1. The molecule has 9 aromatic rings. The molecule has 0 unspecified atom stereocenters. The molecule has 1 heteroatoms. The number of benzene rings is 8. The van der Waals surface area contributed by atoms with Crippen molar-refractivity contribution < 1.29 is 40.1 Å². The average molecular weight is 573 g/mol. The van der Waals surface area contributed by atoms with E-state index >= 15 is 0 Å². The van der Waals surface area contributed by atoms with Crippen LogP contribution in [0.4, 0.5) is 0 Å². The Morgan fingerprint density at radius 3 is 1.70 bits per heavy atom. The highest BCUT2D eigenvalue weighted by Gasteiger charge is 2.18. The highest BCUT2D eigenvalue weighted by atomic mass is 16.3. The van der Waals surface area contributed by atoms with Crippen molar-refractivity contribution in [3.8, 4) is 33.4 Å². The molecule has 1 heterocycles. The molecule has 1 aromatic heterocycles. The molecule has 0 bridgehead atoms. The van der Waals surface area contributed by atoms with Gasteiger partial charge < -0.3 is 4.42 Å². The lowest BCUT2D eigenvalue weighted by atomic mass is 9.84. The Kier molecular flexibility index (Phi) is 2.13. The van der Waals surface area contributed by atoms with Gasteiger partial charge >= 0.3 is 0 Å². The van der Waals surface area contributed by atoms with Crippen LogP contribution in [0.15, 0.2) is 162 Å². The van der Waals surface area contributed by atoms with Gasteiger partial charge in [0.05, 0.1) is 35.6 Å². The van der Waals surface area contributed by atoms with Crippen molar-refractivity contribution in [2.45, 2.75) is 0 Å². The first-order chi connectivity index (χ1) is 32.2. The van der Waals surface area contributed by atoms with Crippen LogP contribution in [0, 0.1) is 0 Å². The Labute approximate surface area is 285 Å². The van der Waals surface area contributed by atoms with Crippen molar-refractivity contribution in [2.24, 2.45) is 0 Å². The Morgan fingerprint density at radius 2 is 0.884 bits per heavy atom. The van der Waals surface area contributed by atoms with Gasteiger partial charge in [-0.1, -0.05) is 127 Å². The molecule has 8 aromatic carbocycles. The molecular weight excluding hydrogens is 520 g/mol. The maximum Gasteiger partial charge on any atom is 0.136 e. The fraction of sp³-hybridized carbons (Fsp3) is 0. The highest BCUT2D eigenvalue weighted by Crippen LogP contribution is 2.45. The standard InChI is InChI=1S/C42H26O/c1-2-11-28(12-3-1)41-35-15-6-7-16-36(35)42(32-19-18-27-10-4-5-13-29(27)24-32)38-25-30(21-23-37(38)41)31-20-22-34-33-14-8-9-17-39(33)43-40(34)26-31/h1-26H/i1D,2D,3D,4D,5D,6D,7D,8D,9D,10D,11D,12D,13D,14D,15D,16D,17D,18D,19D,20D,21D,22D,23D,24D,25D,26D. The van der Waals surface area contributed by atoms with Crippen molar-refractivity contribution in [2.75, 3.05) is 0 Å². The lowest BCUT2D eigenvalue weighted by Gasteiger charge is -2.19.